The molecular formula is C10H22N4OS. The molecule has 6 heteroatoms. The largest absolute Gasteiger partial charge is 0.383 e. The van der Waals surface area contributed by atoms with Crippen LogP contribution in [0.1, 0.15) is 19.8 Å². The van der Waals surface area contributed by atoms with Gasteiger partial charge in [-0.05, 0) is 25.5 Å². The lowest BCUT2D eigenvalue weighted by Crippen LogP contribution is -2.47. The number of guanidine groups is 1. The van der Waals surface area contributed by atoms with Crippen molar-refractivity contribution in [2.24, 2.45) is 10.8 Å². The molecule has 16 heavy (non-hydrogen) atoms. The van der Waals surface area contributed by atoms with Crippen molar-refractivity contribution in [2.45, 2.75) is 31.8 Å². The molecule has 0 aromatic carbocycles. The van der Waals surface area contributed by atoms with Crippen LogP contribution >= 0.6 is 11.8 Å². The molecule has 0 saturated carbocycles. The highest BCUT2D eigenvalue weighted by atomic mass is 32.2. The molecule has 1 heterocycles. The molecule has 0 bridgehead atoms. The zero-order valence-corrected chi connectivity index (χ0v) is 10.8. The quantitative estimate of drug-likeness (QED) is 0.288. The molecule has 1 saturated heterocycles. The van der Waals surface area contributed by atoms with E-state index in [4.69, 9.17) is 10.6 Å². The van der Waals surface area contributed by atoms with E-state index < -0.39 is 0 Å². The van der Waals surface area contributed by atoms with Gasteiger partial charge in [0.1, 0.15) is 0 Å². The van der Waals surface area contributed by atoms with Gasteiger partial charge in [0.05, 0.1) is 12.6 Å². The standard InChI is InChI=1S/C10H22N4OS/c1-8(6-15-2)12-10(14-11)13-9-4-3-5-16-7-9/h8-9H,3-7,11H2,1-2H3,(H2,12,13,14). The molecule has 0 spiro atoms. The second-order valence-corrected chi connectivity index (χ2v) is 5.14. The molecule has 94 valence electrons. The van der Waals surface area contributed by atoms with E-state index in [1.165, 1.54) is 12.2 Å². The Morgan fingerprint density at radius 2 is 2.50 bits per heavy atom. The predicted octanol–water partition coefficient (Wildman–Crippen LogP) is 0.326. The summed E-state index contributed by atoms with van der Waals surface area (Å²) in [6.07, 6.45) is 2.39. The third-order valence-corrected chi connectivity index (χ3v) is 3.58. The van der Waals surface area contributed by atoms with Gasteiger partial charge in [0.2, 0.25) is 5.96 Å². The van der Waals surface area contributed by atoms with E-state index >= 15 is 0 Å². The number of ether oxygens (including phenoxy) is 1. The van der Waals surface area contributed by atoms with E-state index in [2.05, 4.69) is 15.7 Å². The molecule has 0 aliphatic carbocycles. The van der Waals surface area contributed by atoms with E-state index in [1.807, 2.05) is 18.7 Å². The average Bonchev–Trinajstić information content (AvgIpc) is 2.30. The number of thioether (sulfide) groups is 1. The van der Waals surface area contributed by atoms with Crippen LogP contribution in [0.2, 0.25) is 0 Å². The number of nitrogens with one attached hydrogen (secondary N) is 2. The Labute approximate surface area is 102 Å². The second kappa shape index (κ2) is 7.76. The van der Waals surface area contributed by atoms with Crippen LogP contribution in [-0.2, 0) is 4.74 Å². The lowest BCUT2D eigenvalue weighted by atomic mass is 10.2. The Kier molecular flexibility index (Phi) is 6.59. The van der Waals surface area contributed by atoms with Gasteiger partial charge < -0.3 is 10.1 Å². The molecule has 2 unspecified atom stereocenters. The number of hydrogen-bond donors (Lipinski definition) is 3. The van der Waals surface area contributed by atoms with E-state index in [-0.39, 0.29) is 6.04 Å². The summed E-state index contributed by atoms with van der Waals surface area (Å²) in [6.45, 7) is 2.67. The third kappa shape index (κ3) is 5.05. The smallest absolute Gasteiger partial charge is 0.206 e. The van der Waals surface area contributed by atoms with Gasteiger partial charge in [0, 0.05) is 18.9 Å². The Morgan fingerprint density at radius 1 is 1.69 bits per heavy atom. The van der Waals surface area contributed by atoms with Gasteiger partial charge in [-0.1, -0.05) is 0 Å². The summed E-state index contributed by atoms with van der Waals surface area (Å²) in [6, 6.07) is 0.586. The molecule has 0 aromatic heterocycles. The zero-order valence-electron chi connectivity index (χ0n) is 10.0. The first-order valence-electron chi connectivity index (χ1n) is 5.64. The summed E-state index contributed by atoms with van der Waals surface area (Å²) < 4.78 is 5.05. The van der Waals surface area contributed by atoms with Crippen LogP contribution in [0.15, 0.2) is 4.99 Å². The Balaban J connectivity index is 2.41. The minimum atomic E-state index is 0.205. The summed E-state index contributed by atoms with van der Waals surface area (Å²) in [5.74, 6) is 8.45. The highest BCUT2D eigenvalue weighted by molar-refractivity contribution is 7.99. The zero-order chi connectivity index (χ0) is 11.8. The molecule has 1 rings (SSSR count). The number of hydrazine groups is 1. The van der Waals surface area contributed by atoms with Crippen molar-refractivity contribution in [2.75, 3.05) is 25.2 Å². The van der Waals surface area contributed by atoms with E-state index in [9.17, 15) is 0 Å². The second-order valence-electron chi connectivity index (χ2n) is 3.99. The summed E-state index contributed by atoms with van der Waals surface area (Å²) in [4.78, 5) is 4.57. The maximum absolute atomic E-state index is 5.44. The minimum Gasteiger partial charge on any atom is -0.383 e. The molecular weight excluding hydrogens is 224 g/mol. The first-order chi connectivity index (χ1) is 7.76. The first-order valence-corrected chi connectivity index (χ1v) is 6.79. The van der Waals surface area contributed by atoms with Crippen LogP contribution in [-0.4, -0.2) is 43.3 Å². The molecule has 1 aliphatic rings. The van der Waals surface area contributed by atoms with E-state index in [0.29, 0.717) is 18.6 Å². The number of aliphatic imine (C=N–C) groups is 1. The van der Waals surface area contributed by atoms with E-state index in [0.717, 1.165) is 12.2 Å². The first kappa shape index (κ1) is 13.6. The van der Waals surface area contributed by atoms with Crippen molar-refractivity contribution in [1.82, 2.24) is 10.7 Å². The predicted molar refractivity (Wildman–Crippen MR) is 69.6 cm³/mol. The summed E-state index contributed by atoms with van der Waals surface area (Å²) in [5.41, 5.74) is 2.61. The van der Waals surface area contributed by atoms with Gasteiger partial charge in [0.25, 0.3) is 0 Å². The van der Waals surface area contributed by atoms with Crippen LogP contribution in [0.4, 0.5) is 0 Å². The maximum Gasteiger partial charge on any atom is 0.206 e. The van der Waals surface area contributed by atoms with Gasteiger partial charge in [-0.25, -0.2) is 10.8 Å². The average molecular weight is 246 g/mol. The Morgan fingerprint density at radius 3 is 3.06 bits per heavy atom. The van der Waals surface area contributed by atoms with Gasteiger partial charge in [-0.3, -0.25) is 5.43 Å². The highest BCUT2D eigenvalue weighted by Crippen LogP contribution is 2.19. The Hall–Kier alpha value is -0.460. The molecule has 0 aromatic rings. The van der Waals surface area contributed by atoms with Gasteiger partial charge in [0.15, 0.2) is 0 Å². The molecule has 1 aliphatic heterocycles. The molecule has 0 amide bonds. The monoisotopic (exact) mass is 246 g/mol. The molecule has 1 fully saturated rings. The van der Waals surface area contributed by atoms with Crippen molar-refractivity contribution < 1.29 is 4.74 Å². The van der Waals surface area contributed by atoms with Crippen LogP contribution in [0.25, 0.3) is 0 Å². The molecule has 0 radical (unpaired) electrons. The molecule has 2 atom stereocenters. The number of nitrogens with zero attached hydrogens (tertiary/aromatic N) is 1. The molecule has 5 nitrogen and oxygen atoms in total. The fourth-order valence-corrected chi connectivity index (χ4v) is 2.70. The normalized spacial score (nSPS) is 23.9. The third-order valence-electron chi connectivity index (χ3n) is 2.38. The number of hydrogen-bond acceptors (Lipinski definition) is 4. The number of methoxy groups -OCH3 is 1. The SMILES string of the molecule is COCC(C)NC(=NC1CCCSC1)NN. The number of rotatable bonds is 4. The topological polar surface area (TPSA) is 71.7 Å². The lowest BCUT2D eigenvalue weighted by Gasteiger charge is -2.21. The highest BCUT2D eigenvalue weighted by Gasteiger charge is 2.14. The van der Waals surface area contributed by atoms with Gasteiger partial charge in [-0.2, -0.15) is 11.8 Å². The van der Waals surface area contributed by atoms with Crippen molar-refractivity contribution in [3.63, 3.8) is 0 Å². The summed E-state index contributed by atoms with van der Waals surface area (Å²) >= 11 is 1.96. The van der Waals surface area contributed by atoms with Crippen LogP contribution < -0.4 is 16.6 Å². The van der Waals surface area contributed by atoms with Crippen LogP contribution in [0.5, 0.6) is 0 Å². The van der Waals surface area contributed by atoms with Crippen LogP contribution in [0.3, 0.4) is 0 Å². The van der Waals surface area contributed by atoms with E-state index in [1.54, 1.807) is 7.11 Å². The summed E-state index contributed by atoms with van der Waals surface area (Å²) in [7, 11) is 1.68. The summed E-state index contributed by atoms with van der Waals surface area (Å²) in [5, 5.41) is 3.19. The van der Waals surface area contributed by atoms with Crippen molar-refractivity contribution in [3.05, 3.63) is 0 Å². The maximum atomic E-state index is 5.44. The fraction of sp³-hybridized carbons (Fsp3) is 0.900. The van der Waals surface area contributed by atoms with Crippen LogP contribution in [0, 0.1) is 0 Å². The van der Waals surface area contributed by atoms with Gasteiger partial charge >= 0.3 is 0 Å². The van der Waals surface area contributed by atoms with Crippen molar-refractivity contribution in [1.29, 1.82) is 0 Å². The van der Waals surface area contributed by atoms with Crippen molar-refractivity contribution in [3.8, 4) is 0 Å². The van der Waals surface area contributed by atoms with Crippen molar-refractivity contribution >= 4 is 17.7 Å². The van der Waals surface area contributed by atoms with Gasteiger partial charge in [-0.15, -0.1) is 0 Å². The Bertz CT molecular complexity index is 219. The fourth-order valence-electron chi connectivity index (χ4n) is 1.65. The minimum absolute atomic E-state index is 0.205. The molecule has 4 N–H and O–H groups in total. The number of nitrogens with two attached hydrogens (primary N) is 1. The lowest BCUT2D eigenvalue weighted by molar-refractivity contribution is 0.179.